The second kappa shape index (κ2) is 10.0. The number of hydrogen-bond donors (Lipinski definition) is 2. The van der Waals surface area contributed by atoms with Crippen LogP contribution in [0.3, 0.4) is 0 Å². The van der Waals surface area contributed by atoms with Gasteiger partial charge in [0, 0.05) is 19.2 Å². The maximum atomic E-state index is 13.0. The first-order chi connectivity index (χ1) is 14.9. The number of pyridine rings is 1. The molecular formula is C15H8Cl2F6N4O6. The van der Waals surface area contributed by atoms with Crippen LogP contribution in [-0.4, -0.2) is 25.9 Å². The lowest BCUT2D eigenvalue weighted by atomic mass is 10.1. The van der Waals surface area contributed by atoms with Gasteiger partial charge in [0.25, 0.3) is 5.97 Å². The molecule has 0 aliphatic heterocycles. The number of carboxylic acid groups (broad SMARTS) is 1. The fourth-order valence-corrected chi connectivity index (χ4v) is 2.62. The molecule has 0 aliphatic rings. The number of nitro groups is 2. The smallest absolute Gasteiger partial charge is 0.418 e. The highest BCUT2D eigenvalue weighted by Gasteiger charge is 2.42. The SMILES string of the molecule is CC(=O)O.O=[N+]([O-])c1cc(C(F)(F)F)c(Cl)c([N+](=O)[O-])c1Nc1ncc(C(F)(F)F)cc1Cl. The fourth-order valence-electron chi connectivity index (χ4n) is 2.08. The Morgan fingerprint density at radius 3 is 1.94 bits per heavy atom. The van der Waals surface area contributed by atoms with Crippen molar-refractivity contribution in [2.75, 3.05) is 5.32 Å². The number of hydrogen-bond acceptors (Lipinski definition) is 7. The number of alkyl halides is 6. The van der Waals surface area contributed by atoms with Crippen LogP contribution in [0.25, 0.3) is 0 Å². The second-order valence-corrected chi connectivity index (χ2v) is 6.47. The van der Waals surface area contributed by atoms with Crippen LogP contribution in [0.2, 0.25) is 10.0 Å². The van der Waals surface area contributed by atoms with Crippen molar-refractivity contribution in [2.24, 2.45) is 0 Å². The van der Waals surface area contributed by atoms with Crippen LogP contribution in [0, 0.1) is 20.2 Å². The van der Waals surface area contributed by atoms with Gasteiger partial charge in [-0.15, -0.1) is 0 Å². The lowest BCUT2D eigenvalue weighted by Gasteiger charge is -2.14. The molecule has 0 saturated carbocycles. The number of carboxylic acids is 1. The minimum absolute atomic E-state index is 0.0599. The molecule has 0 bridgehead atoms. The number of halogens is 8. The van der Waals surface area contributed by atoms with Gasteiger partial charge >= 0.3 is 23.7 Å². The molecule has 2 rings (SSSR count). The van der Waals surface area contributed by atoms with E-state index in [4.69, 9.17) is 33.1 Å². The average Bonchev–Trinajstić information content (AvgIpc) is 2.60. The van der Waals surface area contributed by atoms with E-state index in [0.717, 1.165) is 6.92 Å². The van der Waals surface area contributed by atoms with Crippen LogP contribution in [0.5, 0.6) is 0 Å². The van der Waals surface area contributed by atoms with Gasteiger partial charge in [0.15, 0.2) is 5.69 Å². The van der Waals surface area contributed by atoms with Crippen molar-refractivity contribution in [3.8, 4) is 0 Å². The molecule has 0 saturated heterocycles. The van der Waals surface area contributed by atoms with Crippen LogP contribution >= 0.6 is 23.2 Å². The first-order valence-electron chi connectivity index (χ1n) is 7.79. The Bertz CT molecular complexity index is 1110. The largest absolute Gasteiger partial charge is 0.481 e. The fraction of sp³-hybridized carbons (Fsp3) is 0.200. The molecule has 18 heteroatoms. The molecule has 1 aromatic carbocycles. The zero-order valence-electron chi connectivity index (χ0n) is 15.6. The highest BCUT2D eigenvalue weighted by molar-refractivity contribution is 6.35. The van der Waals surface area contributed by atoms with Crippen molar-refractivity contribution in [3.05, 3.63) is 59.7 Å². The van der Waals surface area contributed by atoms with Crippen molar-refractivity contribution in [3.63, 3.8) is 0 Å². The maximum Gasteiger partial charge on any atom is 0.418 e. The van der Waals surface area contributed by atoms with Gasteiger partial charge < -0.3 is 10.4 Å². The zero-order valence-corrected chi connectivity index (χ0v) is 17.1. The molecule has 0 fully saturated rings. The minimum atomic E-state index is -5.27. The number of nitro benzene ring substituents is 2. The molecule has 10 nitrogen and oxygen atoms in total. The first kappa shape index (κ1) is 27.6. The lowest BCUT2D eigenvalue weighted by Crippen LogP contribution is -2.12. The average molecular weight is 525 g/mol. The molecule has 2 aromatic rings. The van der Waals surface area contributed by atoms with E-state index in [-0.39, 0.29) is 12.3 Å². The van der Waals surface area contributed by atoms with E-state index in [2.05, 4.69) is 4.98 Å². The molecule has 1 aromatic heterocycles. The van der Waals surface area contributed by atoms with E-state index < -0.39 is 72.2 Å². The van der Waals surface area contributed by atoms with Crippen LogP contribution in [0.4, 0.5) is 49.2 Å². The summed E-state index contributed by atoms with van der Waals surface area (Å²) in [5.74, 6) is -1.55. The number of anilines is 2. The molecule has 180 valence electrons. The Kier molecular flexibility index (Phi) is 8.40. The molecule has 0 atom stereocenters. The van der Waals surface area contributed by atoms with E-state index in [1.807, 2.05) is 5.32 Å². The summed E-state index contributed by atoms with van der Waals surface area (Å²) in [6, 6.07) is 0.301. The Hall–Kier alpha value is -3.40. The van der Waals surface area contributed by atoms with Crippen molar-refractivity contribution >= 4 is 52.1 Å². The summed E-state index contributed by atoms with van der Waals surface area (Å²) in [6.07, 6.45) is -9.85. The van der Waals surface area contributed by atoms with E-state index in [0.29, 0.717) is 6.07 Å². The van der Waals surface area contributed by atoms with Gasteiger partial charge in [-0.25, -0.2) is 4.98 Å². The van der Waals surface area contributed by atoms with Gasteiger partial charge in [0.2, 0.25) is 0 Å². The molecule has 0 amide bonds. The molecule has 0 radical (unpaired) electrons. The van der Waals surface area contributed by atoms with Gasteiger partial charge in [-0.3, -0.25) is 25.0 Å². The Labute approximate surface area is 188 Å². The number of carbonyl (C=O) groups is 1. The number of nitrogens with zero attached hydrogens (tertiary/aromatic N) is 3. The van der Waals surface area contributed by atoms with Gasteiger partial charge in [0.1, 0.15) is 10.8 Å². The predicted molar refractivity (Wildman–Crippen MR) is 101 cm³/mol. The number of aliphatic carboxylic acids is 1. The summed E-state index contributed by atoms with van der Waals surface area (Å²) in [5, 5.41) is 29.5. The Morgan fingerprint density at radius 1 is 1.06 bits per heavy atom. The summed E-state index contributed by atoms with van der Waals surface area (Å²) in [6.45, 7) is 1.08. The molecule has 33 heavy (non-hydrogen) atoms. The normalized spacial score (nSPS) is 11.3. The van der Waals surface area contributed by atoms with Crippen molar-refractivity contribution in [1.82, 2.24) is 4.98 Å². The van der Waals surface area contributed by atoms with Crippen molar-refractivity contribution < 1.29 is 46.1 Å². The van der Waals surface area contributed by atoms with E-state index >= 15 is 0 Å². The van der Waals surface area contributed by atoms with Gasteiger partial charge in [-0.2, -0.15) is 26.3 Å². The van der Waals surface area contributed by atoms with Crippen LogP contribution in [0.1, 0.15) is 18.1 Å². The third-order valence-electron chi connectivity index (χ3n) is 3.31. The van der Waals surface area contributed by atoms with Crippen LogP contribution in [-0.2, 0) is 17.1 Å². The molecule has 0 unspecified atom stereocenters. The van der Waals surface area contributed by atoms with Gasteiger partial charge in [0.05, 0.1) is 26.0 Å². The summed E-state index contributed by atoms with van der Waals surface area (Å²) in [5.41, 5.74) is -7.26. The van der Waals surface area contributed by atoms with Crippen LogP contribution < -0.4 is 5.32 Å². The second-order valence-electron chi connectivity index (χ2n) is 5.69. The maximum absolute atomic E-state index is 13.0. The summed E-state index contributed by atoms with van der Waals surface area (Å²) < 4.78 is 77.0. The van der Waals surface area contributed by atoms with E-state index in [1.54, 1.807) is 0 Å². The molecule has 1 heterocycles. The van der Waals surface area contributed by atoms with Crippen LogP contribution in [0.15, 0.2) is 18.3 Å². The summed E-state index contributed by atoms with van der Waals surface area (Å²) >= 11 is 11.1. The zero-order chi connectivity index (χ0) is 25.9. The third kappa shape index (κ3) is 7.04. The number of benzene rings is 1. The third-order valence-corrected chi connectivity index (χ3v) is 3.99. The Balaban J connectivity index is 0.00000125. The predicted octanol–water partition coefficient (Wildman–Crippen LogP) is 6.08. The highest BCUT2D eigenvalue weighted by Crippen LogP contribution is 2.48. The minimum Gasteiger partial charge on any atom is -0.481 e. The number of rotatable bonds is 4. The number of nitrogens with one attached hydrogen (secondary N) is 1. The molecule has 2 N–H and O–H groups in total. The molecule has 0 aliphatic carbocycles. The lowest BCUT2D eigenvalue weighted by molar-refractivity contribution is -0.392. The molecular weight excluding hydrogens is 517 g/mol. The first-order valence-corrected chi connectivity index (χ1v) is 8.55. The van der Waals surface area contributed by atoms with Crippen molar-refractivity contribution in [1.29, 1.82) is 0 Å². The molecule has 0 spiro atoms. The van der Waals surface area contributed by atoms with E-state index in [9.17, 15) is 46.6 Å². The topological polar surface area (TPSA) is 148 Å². The van der Waals surface area contributed by atoms with Crippen molar-refractivity contribution in [2.45, 2.75) is 19.3 Å². The summed E-state index contributed by atoms with van der Waals surface area (Å²) in [7, 11) is 0. The summed E-state index contributed by atoms with van der Waals surface area (Å²) in [4.78, 5) is 31.9. The highest BCUT2D eigenvalue weighted by atomic mass is 35.5. The monoisotopic (exact) mass is 524 g/mol. The quantitative estimate of drug-likeness (QED) is 0.277. The Morgan fingerprint density at radius 2 is 1.58 bits per heavy atom. The van der Waals surface area contributed by atoms with E-state index in [1.165, 1.54) is 0 Å². The number of aromatic nitrogens is 1. The van der Waals surface area contributed by atoms with Gasteiger partial charge in [-0.1, -0.05) is 23.2 Å². The standard InChI is InChI=1S/C13H4Cl2F6N4O4.C2H4O2/c14-6-1-4(12(16,17)18)3-22-11(6)23-9-7(24(26)27)2-5(13(19,20)21)8(15)10(9)25(28)29;1-2(3)4/h1-3H,(H,22,23);1H3,(H,3,4). The van der Waals surface area contributed by atoms with Gasteiger partial charge in [-0.05, 0) is 6.07 Å².